The lowest BCUT2D eigenvalue weighted by molar-refractivity contribution is -0.150. The summed E-state index contributed by atoms with van der Waals surface area (Å²) in [6, 6.07) is 13.9. The lowest BCUT2D eigenvalue weighted by Gasteiger charge is -2.13. The van der Waals surface area contributed by atoms with Gasteiger partial charge in [0.25, 0.3) is 0 Å². The standard InChI is InChI=1S/C11H14O4.C8H8O2.CHBr3/c1-3-15-10(11(12)13)8-5-4-6-9(7-8)14-2;1-10-8-4-2-3-7(5-8)6-9;2-1(3)4/h4-7,10H,3H2,1-2H3,(H,12,13);2-6H,1H3;1H. The van der Waals surface area contributed by atoms with E-state index in [-0.39, 0.29) is 2.65 Å². The minimum absolute atomic E-state index is 0.271. The average molecular weight is 599 g/mol. The van der Waals surface area contributed by atoms with Crippen LogP contribution in [0.15, 0.2) is 48.5 Å². The quantitative estimate of drug-likeness (QED) is 0.320. The van der Waals surface area contributed by atoms with Gasteiger partial charge in [-0.1, -0.05) is 72.1 Å². The second-order valence-electron chi connectivity index (χ2n) is 5.09. The van der Waals surface area contributed by atoms with Gasteiger partial charge in [-0.3, -0.25) is 4.79 Å². The van der Waals surface area contributed by atoms with Crippen LogP contribution in [0.5, 0.6) is 11.5 Å². The Kier molecular flexibility index (Phi) is 15.6. The summed E-state index contributed by atoms with van der Waals surface area (Å²) in [6.07, 6.45) is -0.132. The van der Waals surface area contributed by atoms with Crippen LogP contribution in [0.4, 0.5) is 0 Å². The average Bonchev–Trinajstić information content (AvgIpc) is 2.71. The second kappa shape index (κ2) is 16.4. The van der Waals surface area contributed by atoms with Crippen molar-refractivity contribution in [2.24, 2.45) is 0 Å². The van der Waals surface area contributed by atoms with E-state index in [1.54, 1.807) is 62.6 Å². The number of hydrogen-bond donors (Lipinski definition) is 1. The number of halogens is 3. The first-order chi connectivity index (χ1) is 13.8. The summed E-state index contributed by atoms with van der Waals surface area (Å²) in [5, 5.41) is 8.96. The van der Waals surface area contributed by atoms with Crippen LogP contribution in [-0.2, 0) is 9.53 Å². The molecule has 0 heterocycles. The summed E-state index contributed by atoms with van der Waals surface area (Å²) < 4.78 is 15.3. The van der Waals surface area contributed by atoms with E-state index in [2.05, 4.69) is 47.8 Å². The molecule has 0 aromatic heterocycles. The van der Waals surface area contributed by atoms with Gasteiger partial charge in [0.15, 0.2) is 6.10 Å². The van der Waals surface area contributed by atoms with Gasteiger partial charge in [0.05, 0.1) is 14.2 Å². The molecule has 2 rings (SSSR count). The molecule has 0 bridgehead atoms. The fraction of sp³-hybridized carbons (Fsp3) is 0.300. The number of aldehydes is 1. The molecule has 0 aliphatic heterocycles. The first-order valence-corrected chi connectivity index (χ1v) is 11.0. The molecule has 0 radical (unpaired) electrons. The van der Waals surface area contributed by atoms with Crippen molar-refractivity contribution in [1.29, 1.82) is 0 Å². The molecule has 2 aromatic rings. The zero-order chi connectivity index (χ0) is 22.2. The lowest BCUT2D eigenvalue weighted by atomic mass is 10.1. The highest BCUT2D eigenvalue weighted by Gasteiger charge is 2.20. The van der Waals surface area contributed by atoms with Gasteiger partial charge < -0.3 is 19.3 Å². The van der Waals surface area contributed by atoms with Crippen molar-refractivity contribution in [2.45, 2.75) is 15.7 Å². The molecular formula is C20H23Br3O6. The summed E-state index contributed by atoms with van der Waals surface area (Å²) in [6.45, 7) is 2.12. The van der Waals surface area contributed by atoms with Gasteiger partial charge in [0, 0.05) is 12.2 Å². The Hall–Kier alpha value is -1.42. The van der Waals surface area contributed by atoms with E-state index in [0.717, 1.165) is 6.29 Å². The Balaban J connectivity index is 0.000000481. The zero-order valence-electron chi connectivity index (χ0n) is 16.2. The van der Waals surface area contributed by atoms with Crippen LogP contribution in [-0.4, -0.2) is 40.8 Å². The SMILES string of the molecule is BrC(Br)Br.CCOC(C(=O)O)c1cccc(OC)c1.COc1cccc(C=O)c1. The number of methoxy groups -OCH3 is 2. The van der Waals surface area contributed by atoms with E-state index >= 15 is 0 Å². The summed E-state index contributed by atoms with van der Waals surface area (Å²) in [7, 11) is 3.11. The van der Waals surface area contributed by atoms with Crippen LogP contribution in [0, 0.1) is 0 Å². The van der Waals surface area contributed by atoms with Crippen LogP contribution in [0.2, 0.25) is 0 Å². The van der Waals surface area contributed by atoms with E-state index in [0.29, 0.717) is 29.2 Å². The lowest BCUT2D eigenvalue weighted by Crippen LogP contribution is -2.15. The first-order valence-electron chi connectivity index (χ1n) is 8.28. The van der Waals surface area contributed by atoms with E-state index < -0.39 is 12.1 Å². The monoisotopic (exact) mass is 596 g/mol. The molecule has 1 atom stereocenters. The summed E-state index contributed by atoms with van der Waals surface area (Å²) >= 11 is 9.31. The molecule has 0 saturated carbocycles. The third-order valence-electron chi connectivity index (χ3n) is 3.18. The van der Waals surface area contributed by atoms with Crippen LogP contribution < -0.4 is 9.47 Å². The number of ether oxygens (including phenoxy) is 3. The number of hydrogen-bond acceptors (Lipinski definition) is 5. The maximum Gasteiger partial charge on any atom is 0.337 e. The van der Waals surface area contributed by atoms with E-state index in [1.807, 2.05) is 0 Å². The summed E-state index contributed by atoms with van der Waals surface area (Å²) in [5.41, 5.74) is 1.23. The Morgan fingerprint density at radius 2 is 1.55 bits per heavy atom. The topological polar surface area (TPSA) is 82.1 Å². The molecule has 160 valence electrons. The van der Waals surface area contributed by atoms with Gasteiger partial charge in [0.2, 0.25) is 0 Å². The summed E-state index contributed by atoms with van der Waals surface area (Å²) in [5.74, 6) is 0.341. The molecule has 6 nitrogen and oxygen atoms in total. The number of rotatable bonds is 7. The van der Waals surface area contributed by atoms with E-state index in [4.69, 9.17) is 19.3 Å². The minimum atomic E-state index is -0.995. The molecular weight excluding hydrogens is 576 g/mol. The number of carboxylic acids is 1. The second-order valence-corrected chi connectivity index (χ2v) is 11.5. The largest absolute Gasteiger partial charge is 0.497 e. The Morgan fingerprint density at radius 1 is 1.03 bits per heavy atom. The van der Waals surface area contributed by atoms with Crippen molar-refractivity contribution in [3.63, 3.8) is 0 Å². The van der Waals surface area contributed by atoms with Crippen molar-refractivity contribution in [3.8, 4) is 11.5 Å². The maximum absolute atomic E-state index is 10.9. The predicted molar refractivity (Wildman–Crippen MR) is 124 cm³/mol. The minimum Gasteiger partial charge on any atom is -0.497 e. The smallest absolute Gasteiger partial charge is 0.337 e. The van der Waals surface area contributed by atoms with Crippen LogP contribution in [0.3, 0.4) is 0 Å². The molecule has 0 aliphatic carbocycles. The summed E-state index contributed by atoms with van der Waals surface area (Å²) in [4.78, 5) is 21.1. The van der Waals surface area contributed by atoms with Crippen LogP contribution >= 0.6 is 47.8 Å². The van der Waals surface area contributed by atoms with Crippen LogP contribution in [0.25, 0.3) is 0 Å². The normalized spacial score (nSPS) is 10.6. The highest BCUT2D eigenvalue weighted by Crippen LogP contribution is 2.22. The molecule has 2 aromatic carbocycles. The molecule has 9 heteroatoms. The van der Waals surface area contributed by atoms with Gasteiger partial charge in [-0.15, -0.1) is 0 Å². The molecule has 0 aliphatic rings. The molecule has 0 spiro atoms. The Labute approximate surface area is 195 Å². The highest BCUT2D eigenvalue weighted by atomic mass is 80.0. The highest BCUT2D eigenvalue weighted by molar-refractivity contribution is 9.38. The molecule has 29 heavy (non-hydrogen) atoms. The van der Waals surface area contributed by atoms with Crippen molar-refractivity contribution in [1.82, 2.24) is 0 Å². The fourth-order valence-corrected chi connectivity index (χ4v) is 2.00. The third-order valence-corrected chi connectivity index (χ3v) is 3.18. The third kappa shape index (κ3) is 12.7. The van der Waals surface area contributed by atoms with Crippen molar-refractivity contribution in [2.75, 3.05) is 20.8 Å². The van der Waals surface area contributed by atoms with Crippen molar-refractivity contribution < 1.29 is 28.9 Å². The molecule has 0 saturated heterocycles. The zero-order valence-corrected chi connectivity index (χ0v) is 20.9. The molecule has 0 amide bonds. The van der Waals surface area contributed by atoms with Gasteiger partial charge in [-0.25, -0.2) is 4.79 Å². The maximum atomic E-state index is 10.9. The number of benzene rings is 2. The van der Waals surface area contributed by atoms with Gasteiger partial charge in [0.1, 0.15) is 20.4 Å². The van der Waals surface area contributed by atoms with Gasteiger partial charge in [-0.05, 0) is 36.8 Å². The molecule has 0 fully saturated rings. The Morgan fingerprint density at radius 3 is 2.00 bits per heavy atom. The predicted octanol–water partition coefficient (Wildman–Crippen LogP) is 5.82. The van der Waals surface area contributed by atoms with Crippen molar-refractivity contribution >= 4 is 60.0 Å². The van der Waals surface area contributed by atoms with Crippen molar-refractivity contribution in [3.05, 3.63) is 59.7 Å². The number of carboxylic acid groups (broad SMARTS) is 1. The van der Waals surface area contributed by atoms with Crippen LogP contribution in [0.1, 0.15) is 28.9 Å². The number of carbonyl (C=O) groups excluding carboxylic acids is 1. The molecule has 1 N–H and O–H groups in total. The Bertz CT molecular complexity index is 737. The molecule has 1 unspecified atom stereocenters. The van der Waals surface area contributed by atoms with E-state index in [9.17, 15) is 9.59 Å². The number of carbonyl (C=O) groups is 2. The number of alkyl halides is 3. The number of aliphatic carboxylic acids is 1. The van der Waals surface area contributed by atoms with Gasteiger partial charge in [-0.2, -0.15) is 0 Å². The van der Waals surface area contributed by atoms with Gasteiger partial charge >= 0.3 is 5.97 Å². The first kappa shape index (κ1) is 27.6. The fourth-order valence-electron chi connectivity index (χ4n) is 2.00. The van der Waals surface area contributed by atoms with E-state index in [1.165, 1.54) is 7.11 Å².